The van der Waals surface area contributed by atoms with Crippen molar-refractivity contribution >= 4 is 17.9 Å². The van der Waals surface area contributed by atoms with E-state index in [4.69, 9.17) is 14.2 Å². The molecule has 68 heavy (non-hydrogen) atoms. The highest BCUT2D eigenvalue weighted by atomic mass is 16.6. The van der Waals surface area contributed by atoms with Crippen molar-refractivity contribution in [1.82, 2.24) is 0 Å². The number of hydrogen-bond donors (Lipinski definition) is 0. The first-order valence-electron chi connectivity index (χ1n) is 31.0. The van der Waals surface area contributed by atoms with Crippen molar-refractivity contribution in [2.24, 2.45) is 0 Å². The first-order valence-corrected chi connectivity index (χ1v) is 31.0. The average molecular weight is 962 g/mol. The Morgan fingerprint density at radius 2 is 0.397 bits per heavy atom. The molecular weight excluding hydrogens is 841 g/mol. The maximum absolute atomic E-state index is 12.9. The third kappa shape index (κ3) is 55.3. The van der Waals surface area contributed by atoms with Crippen LogP contribution in [0.25, 0.3) is 0 Å². The van der Waals surface area contributed by atoms with Crippen molar-refractivity contribution in [3.05, 3.63) is 0 Å². The average Bonchev–Trinajstić information content (AvgIpc) is 3.34. The van der Waals surface area contributed by atoms with Crippen LogP contribution < -0.4 is 0 Å². The molecule has 0 aliphatic carbocycles. The second kappa shape index (κ2) is 58.0. The molecule has 0 radical (unpaired) electrons. The summed E-state index contributed by atoms with van der Waals surface area (Å²) in [4.78, 5) is 38.1. The summed E-state index contributed by atoms with van der Waals surface area (Å²) < 4.78 is 16.9. The molecule has 0 fully saturated rings. The summed E-state index contributed by atoms with van der Waals surface area (Å²) in [6.45, 7) is 6.71. The van der Waals surface area contributed by atoms with Crippen molar-refractivity contribution in [3.8, 4) is 0 Å². The van der Waals surface area contributed by atoms with Gasteiger partial charge in [-0.2, -0.15) is 0 Å². The predicted molar refractivity (Wildman–Crippen MR) is 294 cm³/mol. The van der Waals surface area contributed by atoms with E-state index in [0.717, 1.165) is 57.8 Å². The van der Waals surface area contributed by atoms with Crippen LogP contribution in [0.1, 0.15) is 361 Å². The standard InChI is InChI=1S/C62H120O6/c1-4-7-10-13-16-19-22-24-26-28-29-30-31-32-33-35-36-38-40-43-46-49-52-55-61(64)67-58-59(57-66-60(63)54-51-48-45-42-21-18-15-12-9-6-3)68-62(65)56-53-50-47-44-41-39-37-34-27-25-23-20-17-14-11-8-5-2/h59H,4-58H2,1-3H3. The van der Waals surface area contributed by atoms with E-state index in [9.17, 15) is 14.4 Å². The molecular formula is C62H120O6. The lowest BCUT2D eigenvalue weighted by Crippen LogP contribution is -2.30. The Morgan fingerprint density at radius 1 is 0.235 bits per heavy atom. The highest BCUT2D eigenvalue weighted by Gasteiger charge is 2.19. The Labute approximate surface area is 425 Å². The highest BCUT2D eigenvalue weighted by Crippen LogP contribution is 2.18. The quantitative estimate of drug-likeness (QED) is 0.0343. The number of rotatable bonds is 58. The SMILES string of the molecule is CCCCCCCCCCCCCCCCCCCCCCCCCC(=O)OCC(COC(=O)CCCCCCCCCCCC)OC(=O)CCCCCCCCCCCCCCCCCCC. The fraction of sp³-hybridized carbons (Fsp3) is 0.952. The molecule has 1 atom stereocenters. The third-order valence-corrected chi connectivity index (χ3v) is 14.4. The molecule has 0 heterocycles. The molecule has 0 saturated carbocycles. The van der Waals surface area contributed by atoms with Crippen molar-refractivity contribution in [1.29, 1.82) is 0 Å². The van der Waals surface area contributed by atoms with Gasteiger partial charge >= 0.3 is 17.9 Å². The molecule has 6 nitrogen and oxygen atoms in total. The van der Waals surface area contributed by atoms with Crippen LogP contribution in [0.4, 0.5) is 0 Å². The van der Waals surface area contributed by atoms with Crippen molar-refractivity contribution in [2.45, 2.75) is 367 Å². The second-order valence-corrected chi connectivity index (χ2v) is 21.3. The van der Waals surface area contributed by atoms with Gasteiger partial charge in [-0.05, 0) is 19.3 Å². The van der Waals surface area contributed by atoms with Crippen LogP contribution >= 0.6 is 0 Å². The summed E-state index contributed by atoms with van der Waals surface area (Å²) in [6.07, 6.45) is 65.4. The molecule has 1 unspecified atom stereocenters. The second-order valence-electron chi connectivity index (χ2n) is 21.3. The zero-order valence-corrected chi connectivity index (χ0v) is 46.4. The van der Waals surface area contributed by atoms with Crippen molar-refractivity contribution < 1.29 is 28.6 Å². The minimum atomic E-state index is -0.761. The zero-order chi connectivity index (χ0) is 49.3. The minimum Gasteiger partial charge on any atom is -0.462 e. The Morgan fingerprint density at radius 3 is 0.588 bits per heavy atom. The van der Waals surface area contributed by atoms with E-state index in [-0.39, 0.29) is 31.1 Å². The molecule has 0 aliphatic heterocycles. The smallest absolute Gasteiger partial charge is 0.306 e. The van der Waals surface area contributed by atoms with Gasteiger partial charge in [0.15, 0.2) is 6.10 Å². The predicted octanol–water partition coefficient (Wildman–Crippen LogP) is 20.7. The van der Waals surface area contributed by atoms with Crippen LogP contribution in [0.5, 0.6) is 0 Å². The monoisotopic (exact) mass is 961 g/mol. The van der Waals surface area contributed by atoms with E-state index in [0.29, 0.717) is 19.3 Å². The van der Waals surface area contributed by atoms with Gasteiger partial charge in [-0.15, -0.1) is 0 Å². The molecule has 0 aliphatic rings. The van der Waals surface area contributed by atoms with Crippen molar-refractivity contribution in [2.75, 3.05) is 13.2 Å². The lowest BCUT2D eigenvalue weighted by Gasteiger charge is -2.18. The van der Waals surface area contributed by atoms with Gasteiger partial charge in [0.1, 0.15) is 13.2 Å². The number of esters is 3. The largest absolute Gasteiger partial charge is 0.462 e. The fourth-order valence-electron chi connectivity index (χ4n) is 9.68. The zero-order valence-electron chi connectivity index (χ0n) is 46.4. The normalized spacial score (nSPS) is 11.9. The molecule has 0 N–H and O–H groups in total. The van der Waals surface area contributed by atoms with E-state index in [1.165, 1.54) is 263 Å². The summed E-state index contributed by atoms with van der Waals surface area (Å²) in [5.74, 6) is -0.831. The highest BCUT2D eigenvalue weighted by molar-refractivity contribution is 5.71. The van der Waals surface area contributed by atoms with Gasteiger partial charge in [0.25, 0.3) is 0 Å². The summed E-state index contributed by atoms with van der Waals surface area (Å²) in [6, 6.07) is 0. The van der Waals surface area contributed by atoms with Gasteiger partial charge in [-0.3, -0.25) is 14.4 Å². The van der Waals surface area contributed by atoms with Crippen LogP contribution in [-0.2, 0) is 28.6 Å². The molecule has 6 heteroatoms. The number of hydrogen-bond acceptors (Lipinski definition) is 6. The Bertz CT molecular complexity index is 1010. The number of carbonyl (C=O) groups excluding carboxylic acids is 3. The van der Waals surface area contributed by atoms with E-state index < -0.39 is 6.10 Å². The molecule has 0 aromatic heterocycles. The van der Waals surface area contributed by atoms with E-state index >= 15 is 0 Å². The van der Waals surface area contributed by atoms with E-state index in [1.54, 1.807) is 0 Å². The van der Waals surface area contributed by atoms with Crippen LogP contribution in [0, 0.1) is 0 Å². The van der Waals surface area contributed by atoms with Crippen LogP contribution in [-0.4, -0.2) is 37.2 Å². The fourth-order valence-corrected chi connectivity index (χ4v) is 9.68. The van der Waals surface area contributed by atoms with E-state index in [1.807, 2.05) is 0 Å². The van der Waals surface area contributed by atoms with Gasteiger partial charge in [-0.25, -0.2) is 0 Å². The molecule has 0 rings (SSSR count). The molecule has 0 aromatic carbocycles. The van der Waals surface area contributed by atoms with Crippen LogP contribution in [0.15, 0.2) is 0 Å². The Balaban J connectivity index is 4.16. The third-order valence-electron chi connectivity index (χ3n) is 14.4. The molecule has 0 aromatic rings. The lowest BCUT2D eigenvalue weighted by molar-refractivity contribution is -0.167. The van der Waals surface area contributed by atoms with Crippen LogP contribution in [0.2, 0.25) is 0 Å². The summed E-state index contributed by atoms with van der Waals surface area (Å²) in [7, 11) is 0. The topological polar surface area (TPSA) is 78.9 Å². The minimum absolute atomic E-state index is 0.0610. The van der Waals surface area contributed by atoms with Crippen LogP contribution in [0.3, 0.4) is 0 Å². The summed E-state index contributed by atoms with van der Waals surface area (Å²) in [5.41, 5.74) is 0. The summed E-state index contributed by atoms with van der Waals surface area (Å²) >= 11 is 0. The lowest BCUT2D eigenvalue weighted by atomic mass is 10.0. The molecule has 0 bridgehead atoms. The number of ether oxygens (including phenoxy) is 3. The molecule has 0 saturated heterocycles. The molecule has 0 amide bonds. The Hall–Kier alpha value is -1.59. The van der Waals surface area contributed by atoms with Gasteiger partial charge < -0.3 is 14.2 Å². The maximum atomic E-state index is 12.9. The van der Waals surface area contributed by atoms with Gasteiger partial charge in [0.2, 0.25) is 0 Å². The van der Waals surface area contributed by atoms with Gasteiger partial charge in [0.05, 0.1) is 0 Å². The molecule has 0 spiro atoms. The first-order chi connectivity index (χ1) is 33.5. The van der Waals surface area contributed by atoms with Crippen molar-refractivity contribution in [3.63, 3.8) is 0 Å². The van der Waals surface area contributed by atoms with Gasteiger partial charge in [-0.1, -0.05) is 323 Å². The number of unbranched alkanes of at least 4 members (excludes halogenated alkanes) is 47. The first kappa shape index (κ1) is 66.4. The summed E-state index contributed by atoms with van der Waals surface area (Å²) in [5, 5.41) is 0. The van der Waals surface area contributed by atoms with Gasteiger partial charge in [0, 0.05) is 19.3 Å². The van der Waals surface area contributed by atoms with E-state index in [2.05, 4.69) is 20.8 Å². The Kier molecular flexibility index (Phi) is 56.6. The maximum Gasteiger partial charge on any atom is 0.306 e. The molecule has 404 valence electrons. The number of carbonyl (C=O) groups is 3.